The molecule has 0 radical (unpaired) electrons. The first-order valence-corrected chi connectivity index (χ1v) is 12.6. The summed E-state index contributed by atoms with van der Waals surface area (Å²) in [5, 5.41) is 10.7. The molecule has 8 nitrogen and oxygen atoms in total. The van der Waals surface area contributed by atoms with Crippen LogP contribution in [-0.2, 0) is 0 Å². The number of hydrogen-bond acceptors (Lipinski definition) is 5. The number of piperazine rings is 2. The number of aromatic nitrogens is 1. The summed E-state index contributed by atoms with van der Waals surface area (Å²) in [6, 6.07) is 15.4. The van der Waals surface area contributed by atoms with Gasteiger partial charge in [0.05, 0.1) is 16.2 Å². The summed E-state index contributed by atoms with van der Waals surface area (Å²) in [6.07, 6.45) is -0.955. The molecular formula is C27H30ClN5O3. The fourth-order valence-corrected chi connectivity index (χ4v) is 5.25. The number of nitrogens with zero attached hydrogens (tertiary/aromatic N) is 5. The molecule has 9 heteroatoms. The van der Waals surface area contributed by atoms with Gasteiger partial charge in [0.2, 0.25) is 0 Å². The van der Waals surface area contributed by atoms with Crippen LogP contribution in [0, 0.1) is 0 Å². The van der Waals surface area contributed by atoms with E-state index in [-0.39, 0.29) is 11.9 Å². The second-order valence-electron chi connectivity index (χ2n) is 9.63. The highest BCUT2D eigenvalue weighted by atomic mass is 35.5. The highest BCUT2D eigenvalue weighted by molar-refractivity contribution is 6.35. The Hall–Kier alpha value is -3.36. The van der Waals surface area contributed by atoms with E-state index < -0.39 is 6.09 Å². The first kappa shape index (κ1) is 24.3. The highest BCUT2D eigenvalue weighted by Crippen LogP contribution is 2.30. The van der Waals surface area contributed by atoms with Crippen molar-refractivity contribution in [2.75, 3.05) is 57.8 Å². The molecule has 0 aliphatic carbocycles. The molecule has 3 aromatic rings. The third-order valence-electron chi connectivity index (χ3n) is 7.20. The highest BCUT2D eigenvalue weighted by Gasteiger charge is 2.30. The Kier molecular flexibility index (Phi) is 6.73. The largest absolute Gasteiger partial charge is 0.465 e. The molecule has 36 heavy (non-hydrogen) atoms. The van der Waals surface area contributed by atoms with Gasteiger partial charge in [0, 0.05) is 74.1 Å². The monoisotopic (exact) mass is 507 g/mol. The van der Waals surface area contributed by atoms with Crippen LogP contribution in [0.15, 0.2) is 48.5 Å². The van der Waals surface area contributed by atoms with Crippen LogP contribution in [0.25, 0.3) is 22.2 Å². The molecule has 188 valence electrons. The van der Waals surface area contributed by atoms with E-state index in [1.807, 2.05) is 19.1 Å². The van der Waals surface area contributed by atoms with Crippen LogP contribution >= 0.6 is 11.6 Å². The average molecular weight is 508 g/mol. The Morgan fingerprint density at radius 3 is 2.36 bits per heavy atom. The van der Waals surface area contributed by atoms with Crippen molar-refractivity contribution in [1.82, 2.24) is 19.7 Å². The molecule has 0 saturated carbocycles. The summed E-state index contributed by atoms with van der Waals surface area (Å²) < 4.78 is 0. The lowest BCUT2D eigenvalue weighted by atomic mass is 10.1. The molecule has 2 aliphatic rings. The van der Waals surface area contributed by atoms with Crippen LogP contribution in [0.1, 0.15) is 17.3 Å². The number of carboxylic acid groups (broad SMARTS) is 1. The molecule has 2 aliphatic heterocycles. The second-order valence-corrected chi connectivity index (χ2v) is 10.0. The van der Waals surface area contributed by atoms with Crippen molar-refractivity contribution < 1.29 is 14.7 Å². The molecule has 1 N–H and O–H groups in total. The van der Waals surface area contributed by atoms with E-state index in [1.54, 1.807) is 17.0 Å². The molecular weight excluding hydrogens is 478 g/mol. The van der Waals surface area contributed by atoms with Gasteiger partial charge >= 0.3 is 6.09 Å². The van der Waals surface area contributed by atoms with E-state index in [9.17, 15) is 14.7 Å². The number of rotatable bonds is 3. The number of pyridine rings is 1. The van der Waals surface area contributed by atoms with E-state index in [0.29, 0.717) is 35.7 Å². The zero-order valence-electron chi connectivity index (χ0n) is 20.5. The van der Waals surface area contributed by atoms with E-state index in [0.717, 1.165) is 42.8 Å². The van der Waals surface area contributed by atoms with Gasteiger partial charge in [-0.2, -0.15) is 0 Å². The summed E-state index contributed by atoms with van der Waals surface area (Å²) in [6.45, 7) is 6.97. The number of likely N-dealkylation sites (N-methyl/N-ethyl adjacent to an activating group) is 1. The molecule has 1 aromatic heterocycles. The molecule has 2 aromatic carbocycles. The van der Waals surface area contributed by atoms with Gasteiger partial charge < -0.3 is 24.7 Å². The molecule has 5 rings (SSSR count). The van der Waals surface area contributed by atoms with Gasteiger partial charge in [0.1, 0.15) is 0 Å². The summed E-state index contributed by atoms with van der Waals surface area (Å²) in [7, 11) is 2.15. The zero-order chi connectivity index (χ0) is 25.4. The van der Waals surface area contributed by atoms with Gasteiger partial charge in [-0.05, 0) is 44.3 Å². The van der Waals surface area contributed by atoms with Gasteiger partial charge in [-0.1, -0.05) is 29.8 Å². The summed E-state index contributed by atoms with van der Waals surface area (Å²) in [4.78, 5) is 37.2. The van der Waals surface area contributed by atoms with E-state index in [2.05, 4.69) is 41.1 Å². The molecule has 3 heterocycles. The minimum atomic E-state index is -0.955. The molecule has 2 saturated heterocycles. The number of carbonyl (C=O) groups is 2. The molecule has 0 spiro atoms. The van der Waals surface area contributed by atoms with Crippen molar-refractivity contribution in [2.24, 2.45) is 0 Å². The van der Waals surface area contributed by atoms with Gasteiger partial charge in [-0.15, -0.1) is 0 Å². The number of carbonyl (C=O) groups excluding carboxylic acids is 1. The van der Waals surface area contributed by atoms with Crippen molar-refractivity contribution in [3.8, 4) is 11.3 Å². The molecule has 2 fully saturated rings. The maximum absolute atomic E-state index is 13.2. The molecule has 1 unspecified atom stereocenters. The Balaban J connectivity index is 1.38. The lowest BCUT2D eigenvalue weighted by molar-refractivity contribution is 0.0507. The lowest BCUT2D eigenvalue weighted by Crippen LogP contribution is -2.55. The smallest absolute Gasteiger partial charge is 0.407 e. The summed E-state index contributed by atoms with van der Waals surface area (Å²) in [5.74, 6) is -0.131. The summed E-state index contributed by atoms with van der Waals surface area (Å²) in [5.41, 5.74) is 4.09. The average Bonchev–Trinajstić information content (AvgIpc) is 2.88. The first-order valence-electron chi connectivity index (χ1n) is 12.2. The number of halogens is 1. The first-order chi connectivity index (χ1) is 17.3. The maximum Gasteiger partial charge on any atom is 0.407 e. The number of hydrogen-bond donors (Lipinski definition) is 1. The minimum absolute atomic E-state index is 0.131. The topological polar surface area (TPSA) is 80.2 Å². The molecule has 2 amide bonds. The van der Waals surface area contributed by atoms with Crippen LogP contribution in [0.3, 0.4) is 0 Å². The quantitative estimate of drug-likeness (QED) is 0.574. The van der Waals surface area contributed by atoms with Crippen molar-refractivity contribution in [3.63, 3.8) is 0 Å². The van der Waals surface area contributed by atoms with E-state index in [1.165, 1.54) is 10.6 Å². The van der Waals surface area contributed by atoms with Gasteiger partial charge in [0.15, 0.2) is 0 Å². The molecule has 0 bridgehead atoms. The van der Waals surface area contributed by atoms with Crippen LogP contribution in [0.4, 0.5) is 10.5 Å². The Bertz CT molecular complexity index is 1290. The Morgan fingerprint density at radius 2 is 1.69 bits per heavy atom. The summed E-state index contributed by atoms with van der Waals surface area (Å²) >= 11 is 6.61. The fourth-order valence-electron chi connectivity index (χ4n) is 4.98. The standard InChI is InChI=1S/C27H30ClN5O3/c1-18-17-32(13-14-33(18)27(35)36)26(34)20-5-8-22-23(28)16-24(29-25(22)15-20)19-3-6-21(7-4-19)31-11-9-30(2)10-12-31/h3-8,15-16,18H,9-14,17H2,1-2H3,(H,35,36). The predicted molar refractivity (Wildman–Crippen MR) is 142 cm³/mol. The van der Waals surface area contributed by atoms with Gasteiger partial charge in [-0.3, -0.25) is 4.79 Å². The SMILES string of the molecule is CC1CN(C(=O)c2ccc3c(Cl)cc(-c4ccc(N5CCN(C)CC5)cc4)nc3c2)CCN1C(=O)O. The Labute approximate surface area is 215 Å². The number of benzene rings is 2. The van der Waals surface area contributed by atoms with E-state index >= 15 is 0 Å². The maximum atomic E-state index is 13.2. The third kappa shape index (κ3) is 4.83. The van der Waals surface area contributed by atoms with Crippen LogP contribution in [0.5, 0.6) is 0 Å². The number of anilines is 1. The zero-order valence-corrected chi connectivity index (χ0v) is 21.3. The molecule has 1 atom stereocenters. The van der Waals surface area contributed by atoms with Crippen LogP contribution < -0.4 is 4.90 Å². The third-order valence-corrected chi connectivity index (χ3v) is 7.51. The lowest BCUT2D eigenvalue weighted by Gasteiger charge is -2.38. The van der Waals surface area contributed by atoms with Crippen molar-refractivity contribution in [2.45, 2.75) is 13.0 Å². The van der Waals surface area contributed by atoms with E-state index in [4.69, 9.17) is 16.6 Å². The predicted octanol–water partition coefficient (Wildman–Crippen LogP) is 4.13. The van der Waals surface area contributed by atoms with Gasteiger partial charge in [0.25, 0.3) is 5.91 Å². The normalized spacial score (nSPS) is 19.1. The Morgan fingerprint density at radius 1 is 0.972 bits per heavy atom. The fraction of sp³-hybridized carbons (Fsp3) is 0.370. The van der Waals surface area contributed by atoms with Crippen molar-refractivity contribution in [3.05, 3.63) is 59.1 Å². The number of fused-ring (bicyclic) bond motifs is 1. The van der Waals surface area contributed by atoms with Gasteiger partial charge in [-0.25, -0.2) is 9.78 Å². The second kappa shape index (κ2) is 9.95. The van der Waals surface area contributed by atoms with Crippen LogP contribution in [-0.4, -0.2) is 95.7 Å². The minimum Gasteiger partial charge on any atom is -0.465 e. The van der Waals surface area contributed by atoms with Crippen LogP contribution in [0.2, 0.25) is 5.02 Å². The van der Waals surface area contributed by atoms with Crippen molar-refractivity contribution in [1.29, 1.82) is 0 Å². The number of amides is 2. The van der Waals surface area contributed by atoms with Crippen molar-refractivity contribution >= 4 is 40.2 Å².